The molecule has 0 unspecified atom stereocenters. The summed E-state index contributed by atoms with van der Waals surface area (Å²) in [5.74, 6) is 0.331. The Bertz CT molecular complexity index is 835. The van der Waals surface area contributed by atoms with Crippen molar-refractivity contribution < 1.29 is 4.39 Å². The Labute approximate surface area is 147 Å². The Morgan fingerprint density at radius 2 is 1.76 bits per heavy atom. The summed E-state index contributed by atoms with van der Waals surface area (Å²) < 4.78 is 16.1. The second-order valence-corrected chi connectivity index (χ2v) is 6.75. The summed E-state index contributed by atoms with van der Waals surface area (Å²) in [6.07, 6.45) is 7.98. The van der Waals surface area contributed by atoms with Crippen LogP contribution in [0.1, 0.15) is 49.3 Å². The van der Waals surface area contributed by atoms with E-state index in [1.807, 2.05) is 35.0 Å². The van der Waals surface area contributed by atoms with Gasteiger partial charge in [0.05, 0.1) is 12.2 Å². The summed E-state index contributed by atoms with van der Waals surface area (Å²) in [6, 6.07) is 15.0. The van der Waals surface area contributed by atoms with E-state index in [0.29, 0.717) is 18.0 Å². The molecule has 1 fully saturated rings. The van der Waals surface area contributed by atoms with E-state index >= 15 is 0 Å². The highest BCUT2D eigenvalue weighted by atomic mass is 19.1. The third-order valence-corrected chi connectivity index (χ3v) is 5.04. The number of hydrogen-bond acceptors (Lipinski definition) is 2. The van der Waals surface area contributed by atoms with Crippen molar-refractivity contribution in [3.05, 3.63) is 71.8 Å². The third-order valence-electron chi connectivity index (χ3n) is 5.04. The summed E-state index contributed by atoms with van der Waals surface area (Å²) in [5.41, 5.74) is 3.63. The quantitative estimate of drug-likeness (QED) is 0.658. The predicted octanol–water partition coefficient (Wildman–Crippen LogP) is 5.18. The van der Waals surface area contributed by atoms with Gasteiger partial charge in [0.25, 0.3) is 0 Å². The molecule has 4 heteroatoms. The van der Waals surface area contributed by atoms with Crippen LogP contribution < -0.4 is 0 Å². The van der Waals surface area contributed by atoms with Gasteiger partial charge < -0.3 is 0 Å². The second-order valence-electron chi connectivity index (χ2n) is 6.75. The van der Waals surface area contributed by atoms with E-state index in [1.165, 1.54) is 43.9 Å². The van der Waals surface area contributed by atoms with Crippen LogP contribution in [0.4, 0.5) is 4.39 Å². The van der Waals surface area contributed by atoms with Gasteiger partial charge in [-0.3, -0.25) is 9.67 Å². The standard InChI is InChI=1S/C21H22FN3/c22-18-11-5-4-10-17(18)15-25-21(16-8-2-1-3-9-16)14-20(24-25)19-12-6-7-13-23-19/h4-7,10-14,16H,1-3,8-9,15H2. The number of nitrogens with zero attached hydrogens (tertiary/aromatic N) is 3. The van der Waals surface area contributed by atoms with Gasteiger partial charge in [-0.25, -0.2) is 4.39 Å². The first-order valence-corrected chi connectivity index (χ1v) is 9.04. The Morgan fingerprint density at radius 3 is 2.52 bits per heavy atom. The minimum atomic E-state index is -0.174. The number of pyridine rings is 1. The van der Waals surface area contributed by atoms with Crippen molar-refractivity contribution in [2.24, 2.45) is 0 Å². The van der Waals surface area contributed by atoms with Crippen LogP contribution in [0.3, 0.4) is 0 Å². The van der Waals surface area contributed by atoms with Gasteiger partial charge in [0.2, 0.25) is 0 Å². The first-order valence-electron chi connectivity index (χ1n) is 9.04. The van der Waals surface area contributed by atoms with Crippen LogP contribution in [0.5, 0.6) is 0 Å². The van der Waals surface area contributed by atoms with E-state index in [4.69, 9.17) is 5.10 Å². The zero-order valence-electron chi connectivity index (χ0n) is 14.2. The molecule has 128 valence electrons. The molecule has 4 rings (SSSR count). The lowest BCUT2D eigenvalue weighted by Crippen LogP contribution is -2.13. The van der Waals surface area contributed by atoms with E-state index in [2.05, 4.69) is 11.1 Å². The van der Waals surface area contributed by atoms with Crippen LogP contribution in [0.2, 0.25) is 0 Å². The molecule has 0 amide bonds. The van der Waals surface area contributed by atoms with Gasteiger partial charge >= 0.3 is 0 Å². The Kier molecular flexibility index (Phi) is 4.59. The fourth-order valence-electron chi connectivity index (χ4n) is 3.71. The molecule has 1 saturated carbocycles. The molecule has 0 atom stereocenters. The third kappa shape index (κ3) is 3.48. The minimum absolute atomic E-state index is 0.174. The topological polar surface area (TPSA) is 30.7 Å². The monoisotopic (exact) mass is 335 g/mol. The Balaban J connectivity index is 1.72. The van der Waals surface area contributed by atoms with Crippen molar-refractivity contribution in [1.29, 1.82) is 0 Å². The molecule has 0 N–H and O–H groups in total. The van der Waals surface area contributed by atoms with Gasteiger partial charge in [-0.1, -0.05) is 43.5 Å². The second kappa shape index (κ2) is 7.18. The first kappa shape index (κ1) is 16.0. The molecule has 2 heterocycles. The average molecular weight is 335 g/mol. The first-order chi connectivity index (χ1) is 12.3. The Morgan fingerprint density at radius 1 is 0.960 bits per heavy atom. The molecule has 0 radical (unpaired) electrons. The molecule has 3 aromatic rings. The van der Waals surface area contributed by atoms with Crippen LogP contribution in [-0.4, -0.2) is 14.8 Å². The normalized spacial score (nSPS) is 15.4. The zero-order valence-corrected chi connectivity index (χ0v) is 14.2. The van der Waals surface area contributed by atoms with Crippen molar-refractivity contribution in [1.82, 2.24) is 14.8 Å². The maximum absolute atomic E-state index is 14.1. The lowest BCUT2D eigenvalue weighted by atomic mass is 9.86. The molecule has 0 spiro atoms. The highest BCUT2D eigenvalue weighted by Crippen LogP contribution is 2.34. The van der Waals surface area contributed by atoms with E-state index in [0.717, 1.165) is 11.4 Å². The van der Waals surface area contributed by atoms with Crippen LogP contribution in [-0.2, 0) is 6.54 Å². The summed E-state index contributed by atoms with van der Waals surface area (Å²) in [4.78, 5) is 4.42. The van der Waals surface area contributed by atoms with Crippen molar-refractivity contribution in [2.75, 3.05) is 0 Å². The average Bonchev–Trinajstić information content (AvgIpc) is 3.09. The summed E-state index contributed by atoms with van der Waals surface area (Å²) in [7, 11) is 0. The molecule has 1 aliphatic carbocycles. The van der Waals surface area contributed by atoms with E-state index < -0.39 is 0 Å². The van der Waals surface area contributed by atoms with Crippen molar-refractivity contribution in [2.45, 2.75) is 44.6 Å². The molecule has 25 heavy (non-hydrogen) atoms. The lowest BCUT2D eigenvalue weighted by Gasteiger charge is -2.22. The summed E-state index contributed by atoms with van der Waals surface area (Å²) in [6.45, 7) is 0.464. The fourth-order valence-corrected chi connectivity index (χ4v) is 3.71. The molecule has 0 bridgehead atoms. The van der Waals surface area contributed by atoms with Crippen LogP contribution >= 0.6 is 0 Å². The highest BCUT2D eigenvalue weighted by molar-refractivity contribution is 5.54. The summed E-state index contributed by atoms with van der Waals surface area (Å²) in [5, 5.41) is 4.78. The van der Waals surface area contributed by atoms with Crippen LogP contribution in [0, 0.1) is 5.82 Å². The summed E-state index contributed by atoms with van der Waals surface area (Å²) >= 11 is 0. The lowest BCUT2D eigenvalue weighted by molar-refractivity contribution is 0.418. The Hall–Kier alpha value is -2.49. The smallest absolute Gasteiger partial charge is 0.128 e. The number of halogens is 1. The van der Waals surface area contributed by atoms with Crippen LogP contribution in [0.25, 0.3) is 11.4 Å². The largest absolute Gasteiger partial charge is 0.264 e. The van der Waals surface area contributed by atoms with Gasteiger partial charge in [-0.05, 0) is 37.1 Å². The molecule has 1 aromatic carbocycles. The molecule has 2 aromatic heterocycles. The molecule has 1 aliphatic rings. The van der Waals surface area contributed by atoms with Gasteiger partial charge in [-0.15, -0.1) is 0 Å². The predicted molar refractivity (Wildman–Crippen MR) is 96.8 cm³/mol. The van der Waals surface area contributed by atoms with Crippen molar-refractivity contribution in [3.63, 3.8) is 0 Å². The molecular weight excluding hydrogens is 313 g/mol. The van der Waals surface area contributed by atoms with E-state index in [-0.39, 0.29) is 5.82 Å². The van der Waals surface area contributed by atoms with Crippen molar-refractivity contribution in [3.8, 4) is 11.4 Å². The molecule has 3 nitrogen and oxygen atoms in total. The van der Waals surface area contributed by atoms with Crippen LogP contribution in [0.15, 0.2) is 54.7 Å². The maximum atomic E-state index is 14.1. The minimum Gasteiger partial charge on any atom is -0.264 e. The highest BCUT2D eigenvalue weighted by Gasteiger charge is 2.22. The van der Waals surface area contributed by atoms with E-state index in [9.17, 15) is 4.39 Å². The SMILES string of the molecule is Fc1ccccc1Cn1nc(-c2ccccn2)cc1C1CCCCC1. The number of rotatable bonds is 4. The number of aromatic nitrogens is 3. The van der Waals surface area contributed by atoms with Crippen molar-refractivity contribution >= 4 is 0 Å². The van der Waals surface area contributed by atoms with Gasteiger partial charge in [-0.2, -0.15) is 5.10 Å². The van der Waals surface area contributed by atoms with E-state index in [1.54, 1.807) is 12.3 Å². The van der Waals surface area contributed by atoms with Gasteiger partial charge in [0, 0.05) is 23.4 Å². The zero-order chi connectivity index (χ0) is 17.1. The molecular formula is C21H22FN3. The number of benzene rings is 1. The molecule has 0 saturated heterocycles. The fraction of sp³-hybridized carbons (Fsp3) is 0.333. The van der Waals surface area contributed by atoms with Gasteiger partial charge in [0.15, 0.2) is 0 Å². The van der Waals surface area contributed by atoms with Gasteiger partial charge in [0.1, 0.15) is 11.5 Å². The maximum Gasteiger partial charge on any atom is 0.128 e. The number of hydrogen-bond donors (Lipinski definition) is 0. The molecule has 0 aliphatic heterocycles.